The van der Waals surface area contributed by atoms with Crippen LogP contribution < -0.4 is 14.8 Å². The molecule has 0 aliphatic carbocycles. The van der Waals surface area contributed by atoms with Crippen molar-refractivity contribution in [3.8, 4) is 11.5 Å². The normalized spacial score (nSPS) is 10.6. The monoisotopic (exact) mass is 396 g/mol. The molecule has 0 aliphatic rings. The summed E-state index contributed by atoms with van der Waals surface area (Å²) in [6.45, 7) is 3.95. The molecule has 3 rings (SSSR count). The molecule has 29 heavy (non-hydrogen) atoms. The molecule has 7 heteroatoms. The van der Waals surface area contributed by atoms with Crippen LogP contribution in [0.4, 0.5) is 5.69 Å². The lowest BCUT2D eigenvalue weighted by atomic mass is 10.0. The molecular formula is C22H24N2O5. The first kappa shape index (κ1) is 20.3. The Labute approximate surface area is 169 Å². The third-order valence-electron chi connectivity index (χ3n) is 4.64. The van der Waals surface area contributed by atoms with E-state index in [9.17, 15) is 9.59 Å². The topological polar surface area (TPSA) is 78.3 Å². The molecule has 0 fully saturated rings. The number of anilines is 1. The number of nitrogens with zero attached hydrogens (tertiary/aromatic N) is 1. The molecule has 0 saturated heterocycles. The van der Waals surface area contributed by atoms with Gasteiger partial charge in [-0.05, 0) is 44.2 Å². The number of fused-ring (bicyclic) bond motifs is 1. The largest absolute Gasteiger partial charge is 0.495 e. The summed E-state index contributed by atoms with van der Waals surface area (Å²) in [5.41, 5.74) is 3.21. The highest BCUT2D eigenvalue weighted by molar-refractivity contribution is 6.11. The second-order valence-corrected chi connectivity index (χ2v) is 6.37. The standard InChI is InChI=1S/C22H24N2O5/c1-5-29-19(25)13-23-16-10-9-15(12-18(16)27-3)21(26)20-14(2)22(28-4)17-8-6-7-11-24(17)20/h6-12,23H,5,13H2,1-4H3. The van der Waals surface area contributed by atoms with Crippen molar-refractivity contribution in [2.45, 2.75) is 13.8 Å². The Balaban J connectivity index is 1.95. The molecule has 0 amide bonds. The molecule has 0 unspecified atom stereocenters. The van der Waals surface area contributed by atoms with Crippen molar-refractivity contribution in [3.05, 3.63) is 59.4 Å². The van der Waals surface area contributed by atoms with Gasteiger partial charge in [0.2, 0.25) is 5.78 Å². The third kappa shape index (κ3) is 3.89. The first-order valence-electron chi connectivity index (χ1n) is 9.27. The number of hydrogen-bond acceptors (Lipinski definition) is 6. The van der Waals surface area contributed by atoms with E-state index >= 15 is 0 Å². The van der Waals surface area contributed by atoms with Gasteiger partial charge in [-0.15, -0.1) is 0 Å². The summed E-state index contributed by atoms with van der Waals surface area (Å²) >= 11 is 0. The summed E-state index contributed by atoms with van der Waals surface area (Å²) in [5, 5.41) is 2.97. The number of carbonyl (C=O) groups is 2. The van der Waals surface area contributed by atoms with Gasteiger partial charge in [0.15, 0.2) is 0 Å². The van der Waals surface area contributed by atoms with Crippen molar-refractivity contribution >= 4 is 23.0 Å². The highest BCUT2D eigenvalue weighted by Crippen LogP contribution is 2.33. The van der Waals surface area contributed by atoms with E-state index in [0.29, 0.717) is 35.1 Å². The molecule has 0 aliphatic heterocycles. The summed E-state index contributed by atoms with van der Waals surface area (Å²) in [6, 6.07) is 10.8. The lowest BCUT2D eigenvalue weighted by Gasteiger charge is -2.12. The molecule has 2 heterocycles. The fourth-order valence-corrected chi connectivity index (χ4v) is 3.34. The van der Waals surface area contributed by atoms with Gasteiger partial charge in [-0.1, -0.05) is 6.07 Å². The van der Waals surface area contributed by atoms with Crippen molar-refractivity contribution < 1.29 is 23.8 Å². The predicted octanol–water partition coefficient (Wildman–Crippen LogP) is 3.47. The average Bonchev–Trinajstić information content (AvgIpc) is 3.02. The maximum Gasteiger partial charge on any atom is 0.325 e. The van der Waals surface area contributed by atoms with Crippen molar-refractivity contribution in [2.75, 3.05) is 32.7 Å². The van der Waals surface area contributed by atoms with Gasteiger partial charge in [-0.25, -0.2) is 0 Å². The van der Waals surface area contributed by atoms with Crippen LogP contribution in [0.3, 0.4) is 0 Å². The molecule has 0 spiro atoms. The Hall–Kier alpha value is -3.48. The van der Waals surface area contributed by atoms with Crippen LogP contribution >= 0.6 is 0 Å². The van der Waals surface area contributed by atoms with E-state index in [2.05, 4.69) is 5.32 Å². The van der Waals surface area contributed by atoms with E-state index in [0.717, 1.165) is 11.1 Å². The van der Waals surface area contributed by atoms with Gasteiger partial charge in [-0.3, -0.25) is 9.59 Å². The predicted molar refractivity (Wildman–Crippen MR) is 110 cm³/mol. The maximum atomic E-state index is 13.3. The first-order chi connectivity index (χ1) is 14.0. The van der Waals surface area contributed by atoms with Crippen molar-refractivity contribution in [1.82, 2.24) is 4.40 Å². The van der Waals surface area contributed by atoms with Crippen LogP contribution in [0, 0.1) is 6.92 Å². The Morgan fingerprint density at radius 2 is 1.90 bits per heavy atom. The smallest absolute Gasteiger partial charge is 0.325 e. The highest BCUT2D eigenvalue weighted by atomic mass is 16.5. The van der Waals surface area contributed by atoms with Crippen LogP contribution in [0.5, 0.6) is 11.5 Å². The summed E-state index contributed by atoms with van der Waals surface area (Å²) in [4.78, 5) is 24.9. The number of benzene rings is 1. The van der Waals surface area contributed by atoms with Crippen molar-refractivity contribution in [3.63, 3.8) is 0 Å². The number of nitrogens with one attached hydrogen (secondary N) is 1. The molecular weight excluding hydrogens is 372 g/mol. The van der Waals surface area contributed by atoms with Gasteiger partial charge in [0.05, 0.1) is 32.0 Å². The number of carbonyl (C=O) groups excluding carboxylic acids is 2. The second kappa shape index (κ2) is 8.68. The Morgan fingerprint density at radius 3 is 2.59 bits per heavy atom. The van der Waals surface area contributed by atoms with Gasteiger partial charge in [0.1, 0.15) is 23.7 Å². The van der Waals surface area contributed by atoms with E-state index in [4.69, 9.17) is 14.2 Å². The van der Waals surface area contributed by atoms with Crippen LogP contribution in [0.2, 0.25) is 0 Å². The summed E-state index contributed by atoms with van der Waals surface area (Å²) in [5.74, 6) is 0.624. The Kier molecular flexibility index (Phi) is 6.07. The minimum atomic E-state index is -0.364. The number of ketones is 1. The molecule has 0 radical (unpaired) electrons. The molecule has 0 saturated carbocycles. The zero-order valence-corrected chi connectivity index (χ0v) is 16.9. The average molecular weight is 396 g/mol. The van der Waals surface area contributed by atoms with Gasteiger partial charge < -0.3 is 23.9 Å². The SMILES string of the molecule is CCOC(=O)CNc1ccc(C(=O)c2c(C)c(OC)c3ccccn23)cc1OC. The molecule has 1 N–H and O–H groups in total. The van der Waals surface area contributed by atoms with E-state index in [-0.39, 0.29) is 18.3 Å². The van der Waals surface area contributed by atoms with Crippen molar-refractivity contribution in [2.24, 2.45) is 0 Å². The minimum Gasteiger partial charge on any atom is -0.495 e. The van der Waals surface area contributed by atoms with E-state index in [1.165, 1.54) is 7.11 Å². The number of rotatable bonds is 8. The lowest BCUT2D eigenvalue weighted by molar-refractivity contribution is -0.140. The van der Waals surface area contributed by atoms with Gasteiger partial charge >= 0.3 is 5.97 Å². The number of hydrogen-bond donors (Lipinski definition) is 1. The number of esters is 1. The fraction of sp³-hybridized carbons (Fsp3) is 0.273. The zero-order chi connectivity index (χ0) is 21.0. The number of ether oxygens (including phenoxy) is 3. The first-order valence-corrected chi connectivity index (χ1v) is 9.27. The van der Waals surface area contributed by atoms with Crippen LogP contribution in [0.15, 0.2) is 42.6 Å². The van der Waals surface area contributed by atoms with E-state index < -0.39 is 0 Å². The van der Waals surface area contributed by atoms with Gasteiger partial charge in [0.25, 0.3) is 0 Å². The zero-order valence-electron chi connectivity index (χ0n) is 16.9. The molecule has 0 bridgehead atoms. The molecule has 1 aromatic carbocycles. The van der Waals surface area contributed by atoms with Crippen LogP contribution in [-0.2, 0) is 9.53 Å². The molecule has 0 atom stereocenters. The number of pyridine rings is 1. The quantitative estimate of drug-likeness (QED) is 0.464. The molecule has 152 valence electrons. The van der Waals surface area contributed by atoms with Crippen molar-refractivity contribution in [1.29, 1.82) is 0 Å². The Bertz CT molecular complexity index is 1050. The Morgan fingerprint density at radius 1 is 1.10 bits per heavy atom. The second-order valence-electron chi connectivity index (χ2n) is 6.37. The third-order valence-corrected chi connectivity index (χ3v) is 4.64. The van der Waals surface area contributed by atoms with E-state index in [1.807, 2.05) is 35.7 Å². The lowest BCUT2D eigenvalue weighted by Crippen LogP contribution is -2.17. The van der Waals surface area contributed by atoms with Crippen LogP contribution in [0.1, 0.15) is 28.5 Å². The van der Waals surface area contributed by atoms with Crippen LogP contribution in [-0.4, -0.2) is 43.5 Å². The van der Waals surface area contributed by atoms with Gasteiger partial charge in [0, 0.05) is 17.3 Å². The van der Waals surface area contributed by atoms with Crippen LogP contribution in [0.25, 0.3) is 5.52 Å². The summed E-state index contributed by atoms with van der Waals surface area (Å²) in [6.07, 6.45) is 1.84. The number of aromatic nitrogens is 1. The molecule has 3 aromatic rings. The van der Waals surface area contributed by atoms with E-state index in [1.54, 1.807) is 32.2 Å². The highest BCUT2D eigenvalue weighted by Gasteiger charge is 2.23. The molecule has 2 aromatic heterocycles. The fourth-order valence-electron chi connectivity index (χ4n) is 3.34. The number of methoxy groups -OCH3 is 2. The maximum absolute atomic E-state index is 13.3. The minimum absolute atomic E-state index is 0.0111. The van der Waals surface area contributed by atoms with Gasteiger partial charge in [-0.2, -0.15) is 0 Å². The summed E-state index contributed by atoms with van der Waals surface area (Å²) in [7, 11) is 3.11. The summed E-state index contributed by atoms with van der Waals surface area (Å²) < 4.78 is 17.7. The molecule has 7 nitrogen and oxygen atoms in total.